The molecule has 0 aliphatic carbocycles. The van der Waals surface area contributed by atoms with E-state index in [4.69, 9.17) is 0 Å². The SMILES string of the molecule is CC(CCCBr)C(CO)c1cc(F)ccc1F. The Morgan fingerprint density at radius 1 is 1.35 bits per heavy atom. The zero-order valence-electron chi connectivity index (χ0n) is 9.80. The molecule has 1 nitrogen and oxygen atoms in total. The lowest BCUT2D eigenvalue weighted by Gasteiger charge is -2.22. The molecule has 0 aromatic heterocycles. The van der Waals surface area contributed by atoms with E-state index in [-0.39, 0.29) is 24.0 Å². The molecule has 1 aromatic carbocycles. The normalized spacial score (nSPS) is 14.6. The van der Waals surface area contributed by atoms with Crippen LogP contribution in [0, 0.1) is 17.6 Å². The fourth-order valence-electron chi connectivity index (χ4n) is 1.98. The van der Waals surface area contributed by atoms with Crippen LogP contribution in [-0.2, 0) is 0 Å². The molecule has 0 radical (unpaired) electrons. The van der Waals surface area contributed by atoms with Crippen LogP contribution < -0.4 is 0 Å². The van der Waals surface area contributed by atoms with Gasteiger partial charge in [-0.25, -0.2) is 8.78 Å². The van der Waals surface area contributed by atoms with Gasteiger partial charge < -0.3 is 5.11 Å². The van der Waals surface area contributed by atoms with Crippen LogP contribution in [0.2, 0.25) is 0 Å². The number of hydrogen-bond acceptors (Lipinski definition) is 1. The van der Waals surface area contributed by atoms with Gasteiger partial charge in [-0.05, 0) is 42.5 Å². The van der Waals surface area contributed by atoms with Crippen LogP contribution in [0.25, 0.3) is 0 Å². The molecule has 2 atom stereocenters. The highest BCUT2D eigenvalue weighted by Gasteiger charge is 2.21. The highest BCUT2D eigenvalue weighted by Crippen LogP contribution is 2.30. The Balaban J connectivity index is 2.88. The van der Waals surface area contributed by atoms with E-state index < -0.39 is 11.6 Å². The Bertz CT molecular complexity index is 357. The predicted molar refractivity (Wildman–Crippen MR) is 68.4 cm³/mol. The molecular weight excluding hydrogens is 290 g/mol. The summed E-state index contributed by atoms with van der Waals surface area (Å²) < 4.78 is 26.7. The first-order valence-corrected chi connectivity index (χ1v) is 6.84. The van der Waals surface area contributed by atoms with Crippen LogP contribution >= 0.6 is 15.9 Å². The minimum Gasteiger partial charge on any atom is -0.396 e. The summed E-state index contributed by atoms with van der Waals surface area (Å²) in [4.78, 5) is 0. The van der Waals surface area contributed by atoms with Crippen LogP contribution in [0.3, 0.4) is 0 Å². The topological polar surface area (TPSA) is 20.2 Å². The molecule has 0 aliphatic rings. The van der Waals surface area contributed by atoms with Gasteiger partial charge in [-0.2, -0.15) is 0 Å². The molecule has 0 saturated carbocycles. The summed E-state index contributed by atoms with van der Waals surface area (Å²) in [7, 11) is 0. The molecular formula is C13H17BrF2O. The number of halogens is 3. The van der Waals surface area contributed by atoms with Gasteiger partial charge in [-0.3, -0.25) is 0 Å². The second-order valence-electron chi connectivity index (χ2n) is 4.26. The molecule has 2 unspecified atom stereocenters. The van der Waals surface area contributed by atoms with E-state index in [1.807, 2.05) is 6.92 Å². The van der Waals surface area contributed by atoms with Crippen molar-refractivity contribution in [3.8, 4) is 0 Å². The first-order valence-electron chi connectivity index (χ1n) is 5.72. The van der Waals surface area contributed by atoms with E-state index in [2.05, 4.69) is 15.9 Å². The van der Waals surface area contributed by atoms with Crippen molar-refractivity contribution in [2.45, 2.75) is 25.7 Å². The molecule has 1 aromatic rings. The molecule has 0 spiro atoms. The van der Waals surface area contributed by atoms with Gasteiger partial charge in [0.15, 0.2) is 0 Å². The second kappa shape index (κ2) is 7.07. The van der Waals surface area contributed by atoms with Crippen LogP contribution in [0.4, 0.5) is 8.78 Å². The van der Waals surface area contributed by atoms with Crippen molar-refractivity contribution in [2.24, 2.45) is 5.92 Å². The largest absolute Gasteiger partial charge is 0.396 e. The van der Waals surface area contributed by atoms with Crippen molar-refractivity contribution in [1.82, 2.24) is 0 Å². The molecule has 0 fully saturated rings. The maximum absolute atomic E-state index is 13.6. The van der Waals surface area contributed by atoms with Gasteiger partial charge >= 0.3 is 0 Å². The van der Waals surface area contributed by atoms with Crippen molar-refractivity contribution >= 4 is 15.9 Å². The van der Waals surface area contributed by atoms with E-state index in [9.17, 15) is 13.9 Å². The maximum atomic E-state index is 13.6. The number of aliphatic hydroxyl groups is 1. The van der Waals surface area contributed by atoms with Crippen molar-refractivity contribution in [2.75, 3.05) is 11.9 Å². The van der Waals surface area contributed by atoms with Crippen molar-refractivity contribution in [3.63, 3.8) is 0 Å². The summed E-state index contributed by atoms with van der Waals surface area (Å²) in [5, 5.41) is 10.2. The molecule has 0 saturated heterocycles. The molecule has 0 aliphatic heterocycles. The monoisotopic (exact) mass is 306 g/mol. The van der Waals surface area contributed by atoms with Crippen molar-refractivity contribution in [1.29, 1.82) is 0 Å². The van der Waals surface area contributed by atoms with Crippen LogP contribution in [0.15, 0.2) is 18.2 Å². The maximum Gasteiger partial charge on any atom is 0.126 e. The zero-order chi connectivity index (χ0) is 12.8. The van der Waals surface area contributed by atoms with Gasteiger partial charge in [0, 0.05) is 11.2 Å². The van der Waals surface area contributed by atoms with Gasteiger partial charge in [0.05, 0.1) is 6.61 Å². The Labute approximate surface area is 109 Å². The first-order chi connectivity index (χ1) is 8.10. The third-order valence-corrected chi connectivity index (χ3v) is 3.59. The Kier molecular flexibility index (Phi) is 6.06. The molecule has 96 valence electrons. The van der Waals surface area contributed by atoms with E-state index in [0.29, 0.717) is 0 Å². The Hall–Kier alpha value is -0.480. The first kappa shape index (κ1) is 14.6. The Morgan fingerprint density at radius 3 is 2.65 bits per heavy atom. The van der Waals surface area contributed by atoms with E-state index in [1.54, 1.807) is 0 Å². The van der Waals surface area contributed by atoms with E-state index in [0.717, 1.165) is 30.3 Å². The van der Waals surface area contributed by atoms with Gasteiger partial charge in [0.2, 0.25) is 0 Å². The lowest BCUT2D eigenvalue weighted by molar-refractivity contribution is 0.222. The molecule has 1 N–H and O–H groups in total. The third-order valence-electron chi connectivity index (χ3n) is 3.03. The molecule has 1 rings (SSSR count). The van der Waals surface area contributed by atoms with Gasteiger partial charge in [-0.15, -0.1) is 0 Å². The fraction of sp³-hybridized carbons (Fsp3) is 0.538. The fourth-order valence-corrected chi connectivity index (χ4v) is 2.31. The summed E-state index contributed by atoms with van der Waals surface area (Å²) in [5.74, 6) is -1.14. The smallest absolute Gasteiger partial charge is 0.126 e. The van der Waals surface area contributed by atoms with E-state index in [1.165, 1.54) is 6.07 Å². The average molecular weight is 307 g/mol. The van der Waals surface area contributed by atoms with Crippen LogP contribution in [0.5, 0.6) is 0 Å². The number of hydrogen-bond donors (Lipinski definition) is 1. The number of benzene rings is 1. The summed E-state index contributed by atoms with van der Waals surface area (Å²) in [6.45, 7) is 1.79. The molecule has 0 heterocycles. The molecule has 0 amide bonds. The van der Waals surface area contributed by atoms with Crippen LogP contribution in [-0.4, -0.2) is 17.0 Å². The number of alkyl halides is 1. The summed E-state index contributed by atoms with van der Waals surface area (Å²) in [6, 6.07) is 3.39. The minimum atomic E-state index is -0.465. The van der Waals surface area contributed by atoms with Crippen molar-refractivity contribution < 1.29 is 13.9 Å². The van der Waals surface area contributed by atoms with Crippen LogP contribution in [0.1, 0.15) is 31.2 Å². The summed E-state index contributed by atoms with van der Waals surface area (Å²) in [5.41, 5.74) is 0.273. The lowest BCUT2D eigenvalue weighted by Crippen LogP contribution is -2.16. The Morgan fingerprint density at radius 2 is 2.06 bits per heavy atom. The summed E-state index contributed by atoms with van der Waals surface area (Å²) >= 11 is 3.33. The number of rotatable bonds is 6. The summed E-state index contributed by atoms with van der Waals surface area (Å²) in [6.07, 6.45) is 1.82. The van der Waals surface area contributed by atoms with Gasteiger partial charge in [-0.1, -0.05) is 22.9 Å². The molecule has 17 heavy (non-hydrogen) atoms. The standard InChI is InChI=1S/C13H17BrF2O/c1-9(3-2-6-14)12(8-17)11-7-10(15)4-5-13(11)16/h4-5,7,9,12,17H,2-3,6,8H2,1H3. The van der Waals surface area contributed by atoms with Gasteiger partial charge in [0.25, 0.3) is 0 Å². The highest BCUT2D eigenvalue weighted by molar-refractivity contribution is 9.09. The second-order valence-corrected chi connectivity index (χ2v) is 5.06. The third kappa shape index (κ3) is 4.03. The quantitative estimate of drug-likeness (QED) is 0.792. The number of aliphatic hydroxyl groups excluding tert-OH is 1. The minimum absolute atomic E-state index is 0.119. The van der Waals surface area contributed by atoms with Gasteiger partial charge in [0.1, 0.15) is 11.6 Å². The van der Waals surface area contributed by atoms with E-state index >= 15 is 0 Å². The molecule has 0 bridgehead atoms. The lowest BCUT2D eigenvalue weighted by atomic mass is 9.85. The predicted octanol–water partition coefficient (Wildman–Crippen LogP) is 3.85. The van der Waals surface area contributed by atoms with Crippen molar-refractivity contribution in [3.05, 3.63) is 35.4 Å². The molecule has 4 heteroatoms. The highest BCUT2D eigenvalue weighted by atomic mass is 79.9. The zero-order valence-corrected chi connectivity index (χ0v) is 11.4. The average Bonchev–Trinajstić information content (AvgIpc) is 2.32.